The maximum atomic E-state index is 12.6. The Balaban J connectivity index is 1.59. The van der Waals surface area contributed by atoms with E-state index in [0.29, 0.717) is 31.3 Å². The summed E-state index contributed by atoms with van der Waals surface area (Å²) in [6.45, 7) is 3.21. The molecule has 0 bridgehead atoms. The number of hydrogen-bond donors (Lipinski definition) is 1. The molecule has 0 aliphatic carbocycles. The number of benzene rings is 1. The van der Waals surface area contributed by atoms with E-state index in [2.05, 4.69) is 15.2 Å². The number of pyridine rings is 1. The lowest BCUT2D eigenvalue weighted by Crippen LogP contribution is -2.41. The van der Waals surface area contributed by atoms with Crippen LogP contribution in [0.2, 0.25) is 0 Å². The number of nitrogens with one attached hydrogen (secondary N) is 1. The molecule has 8 heteroatoms. The van der Waals surface area contributed by atoms with Crippen molar-refractivity contribution in [3.8, 4) is 11.3 Å². The van der Waals surface area contributed by atoms with Crippen LogP contribution in [0.25, 0.3) is 11.3 Å². The highest BCUT2D eigenvalue weighted by Gasteiger charge is 2.25. The average molecular weight is 405 g/mol. The normalized spacial score (nSPS) is 16.3. The van der Waals surface area contributed by atoms with E-state index in [1.807, 2.05) is 36.4 Å². The van der Waals surface area contributed by atoms with E-state index in [1.165, 1.54) is 13.0 Å². The van der Waals surface area contributed by atoms with Crippen LogP contribution in [0.3, 0.4) is 0 Å². The lowest BCUT2D eigenvalue weighted by Gasteiger charge is -2.34. The summed E-state index contributed by atoms with van der Waals surface area (Å²) in [6, 6.07) is 12.8. The van der Waals surface area contributed by atoms with Crippen molar-refractivity contribution in [2.24, 2.45) is 7.05 Å². The molecular weight excluding hydrogens is 382 g/mol. The summed E-state index contributed by atoms with van der Waals surface area (Å²) in [6.07, 6.45) is 3.21. The molecule has 1 fully saturated rings. The van der Waals surface area contributed by atoms with Gasteiger partial charge in [-0.25, -0.2) is 4.98 Å². The summed E-state index contributed by atoms with van der Waals surface area (Å²) in [5.74, 6) is 0.501. The number of carbonyl (C=O) groups excluding carboxylic acids is 1. The van der Waals surface area contributed by atoms with Crippen molar-refractivity contribution < 1.29 is 9.53 Å². The van der Waals surface area contributed by atoms with Crippen LogP contribution in [-0.2, 0) is 16.6 Å². The third-order valence-corrected chi connectivity index (χ3v) is 5.04. The van der Waals surface area contributed by atoms with Crippen molar-refractivity contribution in [1.82, 2.24) is 14.5 Å². The number of carbonyl (C=O) groups is 1. The van der Waals surface area contributed by atoms with Crippen molar-refractivity contribution in [2.75, 3.05) is 29.9 Å². The minimum Gasteiger partial charge on any atom is -0.370 e. The number of amides is 1. The van der Waals surface area contributed by atoms with E-state index in [9.17, 15) is 9.59 Å². The molecule has 30 heavy (non-hydrogen) atoms. The standard InChI is InChI=1S/C22H23N5O3/c1-15(28)24-18-5-3-17(4-6-18)20-14-27(11-12-30-20)22-25-19(13-21(29)26(22)2)16-7-9-23-10-8-16/h3-10,13,20H,11-12,14H2,1-2H3,(H,24,28). The largest absolute Gasteiger partial charge is 0.370 e. The van der Waals surface area contributed by atoms with Gasteiger partial charge in [-0.2, -0.15) is 0 Å². The van der Waals surface area contributed by atoms with Crippen molar-refractivity contribution in [3.05, 3.63) is 70.8 Å². The summed E-state index contributed by atoms with van der Waals surface area (Å²) in [7, 11) is 1.73. The summed E-state index contributed by atoms with van der Waals surface area (Å²) < 4.78 is 7.53. The third-order valence-electron chi connectivity index (χ3n) is 5.04. The number of nitrogens with zero attached hydrogens (tertiary/aromatic N) is 4. The Bertz CT molecular complexity index is 1100. The van der Waals surface area contributed by atoms with Gasteiger partial charge in [-0.3, -0.25) is 19.1 Å². The Morgan fingerprint density at radius 3 is 2.60 bits per heavy atom. The Kier molecular flexibility index (Phi) is 5.58. The van der Waals surface area contributed by atoms with Gasteiger partial charge in [-0.05, 0) is 29.8 Å². The van der Waals surface area contributed by atoms with Crippen LogP contribution in [0.4, 0.5) is 11.6 Å². The molecule has 1 amide bonds. The van der Waals surface area contributed by atoms with Crippen molar-refractivity contribution in [1.29, 1.82) is 0 Å². The maximum absolute atomic E-state index is 12.6. The molecule has 1 atom stereocenters. The van der Waals surface area contributed by atoms with Crippen molar-refractivity contribution in [2.45, 2.75) is 13.0 Å². The molecule has 1 aromatic carbocycles. The van der Waals surface area contributed by atoms with E-state index >= 15 is 0 Å². The van der Waals surface area contributed by atoms with Gasteiger partial charge in [0.05, 0.1) is 18.8 Å². The topological polar surface area (TPSA) is 89.4 Å². The SMILES string of the molecule is CC(=O)Nc1ccc(C2CN(c3nc(-c4ccncc4)cc(=O)n3C)CCO2)cc1. The number of morpholine rings is 1. The Labute approximate surface area is 174 Å². The molecule has 1 saturated heterocycles. The highest BCUT2D eigenvalue weighted by Crippen LogP contribution is 2.27. The molecule has 154 valence electrons. The zero-order valence-corrected chi connectivity index (χ0v) is 16.9. The molecule has 3 aromatic rings. The lowest BCUT2D eigenvalue weighted by molar-refractivity contribution is -0.114. The van der Waals surface area contributed by atoms with Crippen LogP contribution in [0, 0.1) is 0 Å². The molecule has 4 rings (SSSR count). The predicted molar refractivity (Wildman–Crippen MR) is 114 cm³/mol. The second-order valence-corrected chi connectivity index (χ2v) is 7.18. The number of hydrogen-bond acceptors (Lipinski definition) is 6. The minimum atomic E-state index is -0.161. The molecular formula is C22H23N5O3. The van der Waals surface area contributed by atoms with Gasteiger partial charge in [0, 0.05) is 50.2 Å². The molecule has 1 aliphatic heterocycles. The molecule has 0 saturated carbocycles. The maximum Gasteiger partial charge on any atom is 0.255 e. The van der Waals surface area contributed by atoms with Gasteiger partial charge >= 0.3 is 0 Å². The summed E-state index contributed by atoms with van der Waals surface area (Å²) >= 11 is 0. The zero-order valence-electron chi connectivity index (χ0n) is 16.9. The van der Waals surface area contributed by atoms with Gasteiger partial charge in [0.25, 0.3) is 5.56 Å². The Morgan fingerprint density at radius 2 is 1.90 bits per heavy atom. The fourth-order valence-electron chi connectivity index (χ4n) is 3.50. The monoisotopic (exact) mass is 405 g/mol. The number of aromatic nitrogens is 3. The highest BCUT2D eigenvalue weighted by atomic mass is 16.5. The van der Waals surface area contributed by atoms with Gasteiger partial charge in [0.1, 0.15) is 6.10 Å². The molecule has 8 nitrogen and oxygen atoms in total. The number of anilines is 2. The van der Waals surface area contributed by atoms with Crippen LogP contribution in [0.15, 0.2) is 59.7 Å². The molecule has 1 unspecified atom stereocenters. The lowest BCUT2D eigenvalue weighted by atomic mass is 10.1. The first-order chi connectivity index (χ1) is 14.5. The molecule has 1 aliphatic rings. The van der Waals surface area contributed by atoms with Crippen molar-refractivity contribution in [3.63, 3.8) is 0 Å². The van der Waals surface area contributed by atoms with Gasteiger partial charge in [-0.15, -0.1) is 0 Å². The van der Waals surface area contributed by atoms with Gasteiger partial charge < -0.3 is 15.0 Å². The fraction of sp³-hybridized carbons (Fsp3) is 0.273. The van der Waals surface area contributed by atoms with E-state index in [1.54, 1.807) is 24.0 Å². The summed E-state index contributed by atoms with van der Waals surface area (Å²) in [5, 5.41) is 2.76. The van der Waals surface area contributed by atoms with E-state index in [-0.39, 0.29) is 17.6 Å². The Hall–Kier alpha value is -3.52. The quantitative estimate of drug-likeness (QED) is 0.717. The van der Waals surface area contributed by atoms with Crippen molar-refractivity contribution >= 4 is 17.5 Å². The van der Waals surface area contributed by atoms with Crippen LogP contribution in [0.5, 0.6) is 0 Å². The molecule has 2 aromatic heterocycles. The highest BCUT2D eigenvalue weighted by molar-refractivity contribution is 5.88. The second-order valence-electron chi connectivity index (χ2n) is 7.18. The van der Waals surface area contributed by atoms with Gasteiger partial charge in [0.2, 0.25) is 11.9 Å². The minimum absolute atomic E-state index is 0.107. The number of rotatable bonds is 4. The first kappa shape index (κ1) is 19.8. The Morgan fingerprint density at radius 1 is 1.17 bits per heavy atom. The van der Waals surface area contributed by atoms with Crippen LogP contribution >= 0.6 is 0 Å². The molecule has 1 N–H and O–H groups in total. The fourth-order valence-corrected chi connectivity index (χ4v) is 3.50. The summed E-state index contributed by atoms with van der Waals surface area (Å²) in [4.78, 5) is 34.6. The third kappa shape index (κ3) is 4.23. The first-order valence-electron chi connectivity index (χ1n) is 9.74. The van der Waals surface area contributed by atoms with Gasteiger partial charge in [0.15, 0.2) is 0 Å². The van der Waals surface area contributed by atoms with Crippen LogP contribution < -0.4 is 15.8 Å². The van der Waals surface area contributed by atoms with E-state index in [0.717, 1.165) is 16.8 Å². The molecule has 0 spiro atoms. The summed E-state index contributed by atoms with van der Waals surface area (Å²) in [5.41, 5.74) is 3.10. The zero-order chi connectivity index (χ0) is 21.1. The molecule has 3 heterocycles. The average Bonchev–Trinajstić information content (AvgIpc) is 2.76. The van der Waals surface area contributed by atoms with Crippen LogP contribution in [0.1, 0.15) is 18.6 Å². The van der Waals surface area contributed by atoms with E-state index in [4.69, 9.17) is 9.72 Å². The predicted octanol–water partition coefficient (Wildman–Crippen LogP) is 2.38. The first-order valence-corrected chi connectivity index (χ1v) is 9.74. The van der Waals surface area contributed by atoms with Crippen LogP contribution in [-0.4, -0.2) is 40.1 Å². The van der Waals surface area contributed by atoms with E-state index < -0.39 is 0 Å². The number of ether oxygens (including phenoxy) is 1. The molecule has 0 radical (unpaired) electrons. The smallest absolute Gasteiger partial charge is 0.255 e. The van der Waals surface area contributed by atoms with Gasteiger partial charge in [-0.1, -0.05) is 12.1 Å². The second kappa shape index (κ2) is 8.46.